The van der Waals surface area contributed by atoms with Gasteiger partial charge in [0, 0.05) is 34.1 Å². The van der Waals surface area contributed by atoms with Crippen LogP contribution in [-0.4, -0.2) is 45.7 Å². The minimum absolute atomic E-state index is 0. The van der Waals surface area contributed by atoms with Gasteiger partial charge in [-0.05, 0) is 37.9 Å². The van der Waals surface area contributed by atoms with Gasteiger partial charge >= 0.3 is 0 Å². The average Bonchev–Trinajstić information content (AvgIpc) is 3.05. The summed E-state index contributed by atoms with van der Waals surface area (Å²) in [5, 5.41) is 10.0. The molecule has 3 heterocycles. The van der Waals surface area contributed by atoms with E-state index in [1.54, 1.807) is 19.4 Å². The van der Waals surface area contributed by atoms with Crippen LogP contribution in [0.4, 0.5) is 5.95 Å². The predicted octanol–water partition coefficient (Wildman–Crippen LogP) is 2.71. The summed E-state index contributed by atoms with van der Waals surface area (Å²) in [6.07, 6.45) is 7.14. The van der Waals surface area contributed by atoms with Gasteiger partial charge in [0.2, 0.25) is 5.95 Å². The van der Waals surface area contributed by atoms with E-state index in [0.29, 0.717) is 5.95 Å². The van der Waals surface area contributed by atoms with E-state index in [4.69, 9.17) is 0 Å². The third-order valence-corrected chi connectivity index (χ3v) is 3.42. The molecule has 2 N–H and O–H groups in total. The SMILES string of the molecule is CNC.CNc1ncc2c(-c3ccc4nccnc4c3)ccn2n1.[HH].[HH]. The number of hydrogen-bond acceptors (Lipinski definition) is 6. The van der Waals surface area contributed by atoms with E-state index in [1.807, 2.05) is 55.3 Å². The molecular weight excluding hydrogens is 302 g/mol. The van der Waals surface area contributed by atoms with Crippen molar-refractivity contribution < 1.29 is 2.85 Å². The van der Waals surface area contributed by atoms with E-state index in [1.165, 1.54) is 0 Å². The first-order chi connectivity index (χ1) is 11.8. The van der Waals surface area contributed by atoms with Crippen molar-refractivity contribution in [3.63, 3.8) is 0 Å². The average molecular weight is 325 g/mol. The maximum atomic E-state index is 4.37. The molecule has 126 valence electrons. The van der Waals surface area contributed by atoms with Crippen LogP contribution in [0, 0.1) is 0 Å². The molecule has 0 aliphatic heterocycles. The van der Waals surface area contributed by atoms with Gasteiger partial charge in [-0.1, -0.05) is 6.07 Å². The second kappa shape index (κ2) is 7.01. The maximum Gasteiger partial charge on any atom is 0.240 e. The third kappa shape index (κ3) is 3.02. The van der Waals surface area contributed by atoms with Crippen LogP contribution in [0.15, 0.2) is 49.1 Å². The van der Waals surface area contributed by atoms with E-state index in [2.05, 4.69) is 30.7 Å². The van der Waals surface area contributed by atoms with Crippen molar-refractivity contribution in [3.05, 3.63) is 49.1 Å². The molecule has 3 aromatic heterocycles. The molecule has 24 heavy (non-hydrogen) atoms. The third-order valence-electron chi connectivity index (χ3n) is 3.42. The predicted molar refractivity (Wildman–Crippen MR) is 100 cm³/mol. The number of aromatic nitrogens is 5. The van der Waals surface area contributed by atoms with Crippen LogP contribution in [-0.2, 0) is 0 Å². The Kier molecular flexibility index (Phi) is 4.62. The first-order valence-electron chi connectivity index (χ1n) is 7.58. The first-order valence-corrected chi connectivity index (χ1v) is 7.58. The Hall–Kier alpha value is -3.06. The van der Waals surface area contributed by atoms with E-state index < -0.39 is 0 Å². The molecular formula is C17H23N7. The van der Waals surface area contributed by atoms with Gasteiger partial charge in [-0.2, -0.15) is 0 Å². The number of benzene rings is 1. The molecule has 0 fully saturated rings. The molecule has 0 saturated carbocycles. The minimum atomic E-state index is 0. The number of anilines is 1. The highest BCUT2D eigenvalue weighted by molar-refractivity contribution is 5.86. The molecule has 0 spiro atoms. The number of nitrogens with one attached hydrogen (secondary N) is 2. The molecule has 0 saturated heterocycles. The Morgan fingerprint density at radius 3 is 2.46 bits per heavy atom. The Morgan fingerprint density at radius 2 is 1.71 bits per heavy atom. The van der Waals surface area contributed by atoms with E-state index in [9.17, 15) is 0 Å². The molecule has 0 atom stereocenters. The lowest BCUT2D eigenvalue weighted by Crippen LogP contribution is -2.00. The van der Waals surface area contributed by atoms with Crippen molar-refractivity contribution in [2.24, 2.45) is 0 Å². The van der Waals surface area contributed by atoms with Crippen molar-refractivity contribution in [3.8, 4) is 11.1 Å². The molecule has 0 radical (unpaired) electrons. The van der Waals surface area contributed by atoms with Crippen LogP contribution in [0.2, 0.25) is 0 Å². The van der Waals surface area contributed by atoms with Gasteiger partial charge in [0.15, 0.2) is 0 Å². The fourth-order valence-corrected chi connectivity index (χ4v) is 2.39. The smallest absolute Gasteiger partial charge is 0.240 e. The van der Waals surface area contributed by atoms with Crippen LogP contribution in [0.25, 0.3) is 27.7 Å². The zero-order valence-electron chi connectivity index (χ0n) is 13.9. The van der Waals surface area contributed by atoms with Crippen LogP contribution in [0.1, 0.15) is 2.85 Å². The lowest BCUT2D eigenvalue weighted by atomic mass is 10.1. The van der Waals surface area contributed by atoms with Crippen molar-refractivity contribution in [2.45, 2.75) is 0 Å². The summed E-state index contributed by atoms with van der Waals surface area (Å²) in [6.45, 7) is 0. The lowest BCUT2D eigenvalue weighted by molar-refractivity contribution is 0.909. The summed E-state index contributed by atoms with van der Waals surface area (Å²) in [5.41, 5.74) is 4.87. The highest BCUT2D eigenvalue weighted by Crippen LogP contribution is 2.27. The van der Waals surface area contributed by atoms with Gasteiger partial charge in [-0.25, -0.2) is 9.50 Å². The van der Waals surface area contributed by atoms with Gasteiger partial charge in [-0.15, -0.1) is 5.10 Å². The van der Waals surface area contributed by atoms with Crippen LogP contribution < -0.4 is 10.6 Å². The molecule has 4 rings (SSSR count). The molecule has 0 amide bonds. The second-order valence-corrected chi connectivity index (χ2v) is 5.15. The largest absolute Gasteiger partial charge is 0.356 e. The normalized spacial score (nSPS) is 10.5. The van der Waals surface area contributed by atoms with Crippen LogP contribution in [0.3, 0.4) is 0 Å². The number of hydrogen-bond donors (Lipinski definition) is 2. The zero-order valence-corrected chi connectivity index (χ0v) is 13.9. The summed E-state index contributed by atoms with van der Waals surface area (Å²) in [4.78, 5) is 12.9. The van der Waals surface area contributed by atoms with Gasteiger partial charge < -0.3 is 10.6 Å². The van der Waals surface area contributed by atoms with Crippen molar-refractivity contribution in [1.82, 2.24) is 29.9 Å². The summed E-state index contributed by atoms with van der Waals surface area (Å²) in [5.74, 6) is 0.592. The van der Waals surface area contributed by atoms with Crippen molar-refractivity contribution in [1.29, 1.82) is 0 Å². The number of nitrogens with zero attached hydrogens (tertiary/aromatic N) is 5. The van der Waals surface area contributed by atoms with Crippen LogP contribution in [0.5, 0.6) is 0 Å². The van der Waals surface area contributed by atoms with Gasteiger partial charge in [0.25, 0.3) is 0 Å². The summed E-state index contributed by atoms with van der Waals surface area (Å²) in [6, 6.07) is 8.08. The van der Waals surface area contributed by atoms with E-state index in [-0.39, 0.29) is 2.85 Å². The fraction of sp³-hybridized carbons (Fsp3) is 0.176. The Morgan fingerprint density at radius 1 is 0.958 bits per heavy atom. The molecule has 0 aliphatic rings. The topological polar surface area (TPSA) is 80.0 Å². The molecule has 7 nitrogen and oxygen atoms in total. The molecule has 1 aromatic carbocycles. The van der Waals surface area contributed by atoms with Gasteiger partial charge in [-0.3, -0.25) is 9.97 Å². The number of fused-ring (bicyclic) bond motifs is 2. The monoisotopic (exact) mass is 325 g/mol. The molecule has 0 unspecified atom stereocenters. The van der Waals surface area contributed by atoms with Crippen molar-refractivity contribution >= 4 is 22.5 Å². The highest BCUT2D eigenvalue weighted by atomic mass is 15.3. The fourth-order valence-electron chi connectivity index (χ4n) is 2.39. The highest BCUT2D eigenvalue weighted by Gasteiger charge is 2.08. The lowest BCUT2D eigenvalue weighted by Gasteiger charge is -2.03. The standard InChI is InChI=1S/C15H12N6.C2H7N.2H2/c1-16-15-19-9-14-11(4-7-21(14)20-15)10-2-3-12-13(8-10)18-6-5-17-12;1-3-2;;/h2-9H,1H3,(H,16,20);3H,1-2H3;2*1H. The number of rotatable bonds is 2. The summed E-state index contributed by atoms with van der Waals surface area (Å²) >= 11 is 0. The molecule has 7 heteroatoms. The van der Waals surface area contributed by atoms with Crippen molar-refractivity contribution in [2.75, 3.05) is 26.5 Å². The second-order valence-electron chi connectivity index (χ2n) is 5.15. The van der Waals surface area contributed by atoms with E-state index >= 15 is 0 Å². The minimum Gasteiger partial charge on any atom is -0.356 e. The van der Waals surface area contributed by atoms with Crippen LogP contribution >= 0.6 is 0 Å². The van der Waals surface area contributed by atoms with Gasteiger partial charge in [0.05, 0.1) is 22.7 Å². The zero-order chi connectivity index (χ0) is 16.9. The first kappa shape index (κ1) is 15.8. The Bertz CT molecular complexity index is 972. The summed E-state index contributed by atoms with van der Waals surface area (Å²) in [7, 11) is 5.55. The maximum absolute atomic E-state index is 4.37. The summed E-state index contributed by atoms with van der Waals surface area (Å²) < 4.78 is 1.81. The van der Waals surface area contributed by atoms with Gasteiger partial charge in [0.1, 0.15) is 0 Å². The molecule has 4 aromatic rings. The molecule has 0 bridgehead atoms. The Labute approximate surface area is 142 Å². The quantitative estimate of drug-likeness (QED) is 0.590. The van der Waals surface area contributed by atoms with E-state index in [0.717, 1.165) is 27.7 Å². The Balaban J connectivity index is 0.000000635. The molecule has 0 aliphatic carbocycles.